The lowest BCUT2D eigenvalue weighted by Crippen LogP contribution is -2.43. The van der Waals surface area contributed by atoms with E-state index in [-0.39, 0.29) is 6.54 Å². The van der Waals surface area contributed by atoms with Gasteiger partial charge in [0.2, 0.25) is 0 Å². The van der Waals surface area contributed by atoms with E-state index in [2.05, 4.69) is 21.9 Å². The second-order valence-electron chi connectivity index (χ2n) is 4.18. The average molecular weight is 339 g/mol. The first kappa shape index (κ1) is 16.1. The minimum Gasteiger partial charge on any atom is -0.480 e. The molecule has 0 spiro atoms. The molecule has 1 aromatic carbocycles. The van der Waals surface area contributed by atoms with Crippen LogP contribution < -0.4 is 0 Å². The number of aliphatic carboxylic acids is 1. The SMILES string of the molecule is C#CCN(CC(=O)O)C(=O)N(C)Cc1ccccc1Br. The monoisotopic (exact) mass is 338 g/mol. The number of carboxylic acids is 1. The maximum absolute atomic E-state index is 12.2. The number of amides is 2. The van der Waals surface area contributed by atoms with E-state index in [1.54, 1.807) is 7.05 Å². The van der Waals surface area contributed by atoms with Crippen molar-refractivity contribution in [1.82, 2.24) is 9.80 Å². The number of carbonyl (C=O) groups is 2. The highest BCUT2D eigenvalue weighted by molar-refractivity contribution is 9.10. The standard InChI is InChI=1S/C14H15BrN2O3/c1-3-8-17(10-13(18)19)14(20)16(2)9-11-6-4-5-7-12(11)15/h1,4-7H,8-10H2,2H3,(H,18,19). The first-order valence-corrected chi connectivity index (χ1v) is 6.63. The van der Waals surface area contributed by atoms with Crippen LogP contribution in [0.25, 0.3) is 0 Å². The number of nitrogens with zero attached hydrogens (tertiary/aromatic N) is 2. The Bertz CT molecular complexity index is 539. The Morgan fingerprint density at radius 2 is 2.05 bits per heavy atom. The molecule has 0 saturated carbocycles. The van der Waals surface area contributed by atoms with Crippen LogP contribution in [0.3, 0.4) is 0 Å². The van der Waals surface area contributed by atoms with Crippen molar-refractivity contribution in [2.24, 2.45) is 0 Å². The van der Waals surface area contributed by atoms with Crippen molar-refractivity contribution in [3.63, 3.8) is 0 Å². The van der Waals surface area contributed by atoms with Crippen molar-refractivity contribution in [3.05, 3.63) is 34.3 Å². The van der Waals surface area contributed by atoms with E-state index >= 15 is 0 Å². The summed E-state index contributed by atoms with van der Waals surface area (Å²) >= 11 is 3.40. The van der Waals surface area contributed by atoms with E-state index in [9.17, 15) is 9.59 Å². The molecule has 0 heterocycles. The molecule has 0 aromatic heterocycles. The van der Waals surface area contributed by atoms with E-state index in [0.717, 1.165) is 14.9 Å². The Morgan fingerprint density at radius 3 is 2.60 bits per heavy atom. The molecule has 2 amide bonds. The van der Waals surface area contributed by atoms with Gasteiger partial charge in [0.05, 0.1) is 6.54 Å². The van der Waals surface area contributed by atoms with Crippen molar-refractivity contribution in [1.29, 1.82) is 0 Å². The lowest BCUT2D eigenvalue weighted by molar-refractivity contribution is -0.137. The van der Waals surface area contributed by atoms with Crippen LogP contribution in [-0.4, -0.2) is 47.0 Å². The molecule has 1 rings (SSSR count). The number of terminal acetylenes is 1. The van der Waals surface area contributed by atoms with Crippen LogP contribution in [0.4, 0.5) is 4.79 Å². The summed E-state index contributed by atoms with van der Waals surface area (Å²) in [6.07, 6.45) is 5.16. The van der Waals surface area contributed by atoms with Crippen molar-refractivity contribution in [2.75, 3.05) is 20.1 Å². The number of rotatable bonds is 5. The highest BCUT2D eigenvalue weighted by Crippen LogP contribution is 2.17. The fourth-order valence-electron chi connectivity index (χ4n) is 1.66. The maximum atomic E-state index is 12.2. The van der Waals surface area contributed by atoms with E-state index < -0.39 is 18.5 Å². The molecule has 0 atom stereocenters. The average Bonchev–Trinajstić information content (AvgIpc) is 2.39. The Hall–Kier alpha value is -2.00. The summed E-state index contributed by atoms with van der Waals surface area (Å²) in [5.41, 5.74) is 0.930. The molecule has 0 radical (unpaired) electrons. The number of hydrogen-bond acceptors (Lipinski definition) is 2. The molecule has 0 unspecified atom stereocenters. The number of carboxylic acid groups (broad SMARTS) is 1. The Balaban J connectivity index is 2.76. The molecule has 0 saturated heterocycles. The Kier molecular flexibility index (Phi) is 6.07. The predicted octanol–water partition coefficient (Wildman–Crippen LogP) is 2.02. The van der Waals surface area contributed by atoms with Gasteiger partial charge in [0, 0.05) is 18.1 Å². The van der Waals surface area contributed by atoms with Gasteiger partial charge < -0.3 is 14.9 Å². The third-order valence-electron chi connectivity index (χ3n) is 2.57. The number of hydrogen-bond donors (Lipinski definition) is 1. The summed E-state index contributed by atoms with van der Waals surface area (Å²) in [4.78, 5) is 25.4. The normalized spacial score (nSPS) is 9.65. The predicted molar refractivity (Wildman–Crippen MR) is 79.0 cm³/mol. The number of carbonyl (C=O) groups excluding carboxylic acids is 1. The highest BCUT2D eigenvalue weighted by atomic mass is 79.9. The summed E-state index contributed by atoms with van der Waals surface area (Å²) in [6.45, 7) is -0.0876. The number of halogens is 1. The topological polar surface area (TPSA) is 60.9 Å². The lowest BCUT2D eigenvalue weighted by Gasteiger charge is -2.25. The first-order valence-electron chi connectivity index (χ1n) is 5.84. The zero-order chi connectivity index (χ0) is 15.1. The van der Waals surface area contributed by atoms with Crippen LogP contribution in [0.1, 0.15) is 5.56 Å². The minimum atomic E-state index is -1.09. The molecule has 1 N–H and O–H groups in total. The third-order valence-corrected chi connectivity index (χ3v) is 3.34. The van der Waals surface area contributed by atoms with Gasteiger partial charge in [-0.2, -0.15) is 0 Å². The van der Waals surface area contributed by atoms with E-state index in [0.29, 0.717) is 6.54 Å². The summed E-state index contributed by atoms with van der Waals surface area (Å²) in [6, 6.07) is 7.10. The van der Waals surface area contributed by atoms with Crippen molar-refractivity contribution < 1.29 is 14.7 Å². The van der Waals surface area contributed by atoms with Gasteiger partial charge in [0.25, 0.3) is 0 Å². The van der Waals surface area contributed by atoms with E-state index in [4.69, 9.17) is 11.5 Å². The second-order valence-corrected chi connectivity index (χ2v) is 5.04. The largest absolute Gasteiger partial charge is 0.480 e. The molecule has 1 aromatic rings. The molecular formula is C14H15BrN2O3. The molecule has 20 heavy (non-hydrogen) atoms. The van der Waals surface area contributed by atoms with E-state index in [1.165, 1.54) is 4.90 Å². The van der Waals surface area contributed by atoms with Crippen LogP contribution in [-0.2, 0) is 11.3 Å². The van der Waals surface area contributed by atoms with Crippen LogP contribution in [0.15, 0.2) is 28.7 Å². The van der Waals surface area contributed by atoms with E-state index in [1.807, 2.05) is 24.3 Å². The molecule has 0 aliphatic rings. The van der Waals surface area contributed by atoms with Crippen molar-refractivity contribution in [3.8, 4) is 12.3 Å². The van der Waals surface area contributed by atoms with Crippen LogP contribution in [0.5, 0.6) is 0 Å². The molecule has 5 nitrogen and oxygen atoms in total. The van der Waals surface area contributed by atoms with Gasteiger partial charge >= 0.3 is 12.0 Å². The van der Waals surface area contributed by atoms with Gasteiger partial charge in [-0.15, -0.1) is 6.42 Å². The van der Waals surface area contributed by atoms with Gasteiger partial charge in [-0.05, 0) is 11.6 Å². The lowest BCUT2D eigenvalue weighted by atomic mass is 10.2. The van der Waals surface area contributed by atoms with Gasteiger partial charge in [0.15, 0.2) is 0 Å². The van der Waals surface area contributed by atoms with Crippen LogP contribution >= 0.6 is 15.9 Å². The molecule has 6 heteroatoms. The van der Waals surface area contributed by atoms with Crippen molar-refractivity contribution >= 4 is 27.9 Å². The van der Waals surface area contributed by atoms with Crippen LogP contribution in [0, 0.1) is 12.3 Å². The highest BCUT2D eigenvalue weighted by Gasteiger charge is 2.20. The number of urea groups is 1. The molecule has 0 fully saturated rings. The summed E-state index contributed by atoms with van der Waals surface area (Å²) in [5, 5.41) is 8.79. The zero-order valence-corrected chi connectivity index (χ0v) is 12.6. The van der Waals surface area contributed by atoms with Gasteiger partial charge in [-0.25, -0.2) is 4.79 Å². The van der Waals surface area contributed by atoms with Gasteiger partial charge in [0.1, 0.15) is 6.54 Å². The molecule has 0 aliphatic carbocycles. The fourth-order valence-corrected chi connectivity index (χ4v) is 2.07. The smallest absolute Gasteiger partial charge is 0.323 e. The van der Waals surface area contributed by atoms with Gasteiger partial charge in [-0.3, -0.25) is 4.79 Å². The number of benzene rings is 1. The summed E-state index contributed by atoms with van der Waals surface area (Å²) in [5.74, 6) is 1.20. The van der Waals surface area contributed by atoms with Crippen LogP contribution in [0.2, 0.25) is 0 Å². The Labute approximate surface area is 126 Å². The second kappa shape index (κ2) is 7.56. The molecule has 106 valence electrons. The molecular weight excluding hydrogens is 324 g/mol. The summed E-state index contributed by atoms with van der Waals surface area (Å²) < 4.78 is 0.890. The zero-order valence-electron chi connectivity index (χ0n) is 11.0. The summed E-state index contributed by atoms with van der Waals surface area (Å²) in [7, 11) is 1.60. The molecule has 0 bridgehead atoms. The third kappa shape index (κ3) is 4.59. The van der Waals surface area contributed by atoms with Gasteiger partial charge in [-0.1, -0.05) is 40.0 Å². The quantitative estimate of drug-likeness (QED) is 0.835. The maximum Gasteiger partial charge on any atom is 0.323 e. The Morgan fingerprint density at radius 1 is 1.40 bits per heavy atom. The first-order chi connectivity index (χ1) is 9.45. The fraction of sp³-hybridized carbons (Fsp3) is 0.286. The minimum absolute atomic E-state index is 0.0363. The molecule has 0 aliphatic heterocycles. The van der Waals surface area contributed by atoms with Crippen molar-refractivity contribution in [2.45, 2.75) is 6.54 Å².